The lowest BCUT2D eigenvalue weighted by Gasteiger charge is -2.06. The Hall–Kier alpha value is -1.34. The summed E-state index contributed by atoms with van der Waals surface area (Å²) in [5.41, 5.74) is -0.971. The molecule has 0 fully saturated rings. The fourth-order valence-electron chi connectivity index (χ4n) is 1.02. The molecule has 15 heavy (non-hydrogen) atoms. The number of nitro groups is 1. The van der Waals surface area contributed by atoms with Gasteiger partial charge < -0.3 is 15.2 Å². The third-order valence-corrected chi connectivity index (χ3v) is 2.06. The maximum absolute atomic E-state index is 12.5. The largest absolute Gasteiger partial charge is 0.392 e. The molecular weight excluding hydrogens is 234 g/mol. The molecule has 0 saturated heterocycles. The third-order valence-electron chi connectivity index (χ3n) is 1.68. The number of alkyl halides is 2. The summed E-state index contributed by atoms with van der Waals surface area (Å²) in [5.74, 6) is -0.843. The van der Waals surface area contributed by atoms with Crippen molar-refractivity contribution in [2.75, 3.05) is 0 Å². The summed E-state index contributed by atoms with van der Waals surface area (Å²) in [6.45, 7) is -0.704. The maximum Gasteiger partial charge on any atom is 0.382 e. The topological polar surface area (TPSA) is 76.3 Å². The molecule has 1 aromatic rings. The van der Waals surface area contributed by atoms with Crippen molar-refractivity contribution in [3.63, 3.8) is 0 Å². The molecule has 5 nitrogen and oxygen atoms in total. The summed E-state index contributed by atoms with van der Waals surface area (Å²) < 4.78 is 24.9. The van der Waals surface area contributed by atoms with Gasteiger partial charge in [0.25, 0.3) is 6.43 Å². The Labute approximate surface area is 87.5 Å². The lowest BCUT2D eigenvalue weighted by molar-refractivity contribution is -0.389. The molecule has 1 heterocycles. The molecule has 1 N–H and O–H groups in total. The number of aliphatic hydroxyl groups excluding tert-OH is 1. The van der Waals surface area contributed by atoms with Gasteiger partial charge in [-0.05, 0) is 9.91 Å². The van der Waals surface area contributed by atoms with Crippen molar-refractivity contribution in [1.82, 2.24) is 4.98 Å². The molecule has 0 amide bonds. The first-order valence-corrected chi connectivity index (χ1v) is 4.07. The van der Waals surface area contributed by atoms with E-state index in [4.69, 9.17) is 16.7 Å². The molecule has 0 aromatic carbocycles. The minimum atomic E-state index is -3.00. The van der Waals surface area contributed by atoms with E-state index >= 15 is 0 Å². The van der Waals surface area contributed by atoms with Crippen LogP contribution >= 0.6 is 11.6 Å². The van der Waals surface area contributed by atoms with Gasteiger partial charge in [0, 0.05) is 5.56 Å². The third kappa shape index (κ3) is 2.18. The standard InChI is InChI=1S/C7H5ClF2N2O3/c8-5-4(6(9)10)3(2-13)1-11-7(5)12(14)15/h1,6,13H,2H2. The summed E-state index contributed by atoms with van der Waals surface area (Å²) in [5, 5.41) is 18.3. The highest BCUT2D eigenvalue weighted by Gasteiger charge is 2.26. The summed E-state index contributed by atoms with van der Waals surface area (Å²) in [7, 11) is 0. The smallest absolute Gasteiger partial charge is 0.382 e. The molecule has 0 aliphatic carbocycles. The van der Waals surface area contributed by atoms with Gasteiger partial charge in [-0.25, -0.2) is 8.78 Å². The van der Waals surface area contributed by atoms with Crippen LogP contribution in [0, 0.1) is 10.1 Å². The van der Waals surface area contributed by atoms with Gasteiger partial charge in [-0.1, -0.05) is 11.6 Å². The summed E-state index contributed by atoms with van der Waals surface area (Å²) in [6, 6.07) is 0. The molecule has 1 rings (SSSR count). The van der Waals surface area contributed by atoms with Crippen LogP contribution in [0.1, 0.15) is 17.6 Å². The van der Waals surface area contributed by atoms with Gasteiger partial charge >= 0.3 is 5.82 Å². The van der Waals surface area contributed by atoms with Crippen LogP contribution in [0.4, 0.5) is 14.6 Å². The van der Waals surface area contributed by atoms with Crippen molar-refractivity contribution in [3.05, 3.63) is 32.5 Å². The quantitative estimate of drug-likeness (QED) is 0.646. The van der Waals surface area contributed by atoms with E-state index in [9.17, 15) is 18.9 Å². The highest BCUT2D eigenvalue weighted by molar-refractivity contribution is 6.33. The lowest BCUT2D eigenvalue weighted by Crippen LogP contribution is -2.02. The van der Waals surface area contributed by atoms with Crippen LogP contribution in [0.5, 0.6) is 0 Å². The molecule has 1 aromatic heterocycles. The predicted molar refractivity (Wildman–Crippen MR) is 46.8 cm³/mol. The zero-order chi connectivity index (χ0) is 11.6. The van der Waals surface area contributed by atoms with Gasteiger partial charge in [-0.2, -0.15) is 0 Å². The average molecular weight is 239 g/mol. The van der Waals surface area contributed by atoms with Crippen molar-refractivity contribution in [1.29, 1.82) is 0 Å². The molecule has 0 unspecified atom stereocenters. The molecular formula is C7H5ClF2N2O3. The molecule has 0 atom stereocenters. The number of nitrogens with zero attached hydrogens (tertiary/aromatic N) is 2. The summed E-state index contributed by atoms with van der Waals surface area (Å²) in [4.78, 5) is 12.7. The van der Waals surface area contributed by atoms with Crippen LogP contribution in [0.25, 0.3) is 0 Å². The fraction of sp³-hybridized carbons (Fsp3) is 0.286. The van der Waals surface area contributed by atoms with Crippen LogP contribution in [-0.2, 0) is 6.61 Å². The Morgan fingerprint density at radius 1 is 1.67 bits per heavy atom. The van der Waals surface area contributed by atoms with E-state index in [1.807, 2.05) is 0 Å². The van der Waals surface area contributed by atoms with E-state index < -0.39 is 34.4 Å². The van der Waals surface area contributed by atoms with Crippen molar-refractivity contribution < 1.29 is 18.8 Å². The molecule has 8 heteroatoms. The molecule has 82 valence electrons. The lowest BCUT2D eigenvalue weighted by atomic mass is 10.1. The normalized spacial score (nSPS) is 10.7. The molecule has 0 saturated carbocycles. The first-order valence-electron chi connectivity index (χ1n) is 3.69. The minimum absolute atomic E-state index is 0.222. The van der Waals surface area contributed by atoms with Crippen molar-refractivity contribution in [2.45, 2.75) is 13.0 Å². The highest BCUT2D eigenvalue weighted by Crippen LogP contribution is 2.35. The van der Waals surface area contributed by atoms with Gasteiger partial charge in [-0.3, -0.25) is 0 Å². The molecule has 0 bridgehead atoms. The van der Waals surface area contributed by atoms with Crippen molar-refractivity contribution >= 4 is 17.4 Å². The van der Waals surface area contributed by atoms with E-state index in [0.29, 0.717) is 0 Å². The predicted octanol–water partition coefficient (Wildman–Crippen LogP) is 2.07. The monoisotopic (exact) mass is 238 g/mol. The van der Waals surface area contributed by atoms with E-state index in [0.717, 1.165) is 6.20 Å². The van der Waals surface area contributed by atoms with Gasteiger partial charge in [0.1, 0.15) is 11.2 Å². The Kier molecular flexibility index (Phi) is 3.48. The minimum Gasteiger partial charge on any atom is -0.392 e. The Morgan fingerprint density at radius 3 is 2.67 bits per heavy atom. The second-order valence-corrected chi connectivity index (χ2v) is 2.93. The highest BCUT2D eigenvalue weighted by atomic mass is 35.5. The number of aromatic nitrogens is 1. The SMILES string of the molecule is O=[N+]([O-])c1ncc(CO)c(C(F)F)c1Cl. The van der Waals surface area contributed by atoms with Gasteiger partial charge in [0.05, 0.1) is 12.2 Å². The summed E-state index contributed by atoms with van der Waals surface area (Å²) >= 11 is 5.39. The second-order valence-electron chi connectivity index (χ2n) is 2.55. The van der Waals surface area contributed by atoms with Crippen molar-refractivity contribution in [3.8, 4) is 0 Å². The van der Waals surface area contributed by atoms with E-state index in [2.05, 4.69) is 4.98 Å². The first-order chi connectivity index (χ1) is 6.99. The molecule has 0 spiro atoms. The number of pyridine rings is 1. The Morgan fingerprint density at radius 2 is 2.27 bits per heavy atom. The molecule has 0 aliphatic heterocycles. The fourth-order valence-corrected chi connectivity index (χ4v) is 1.34. The maximum atomic E-state index is 12.5. The average Bonchev–Trinajstić information content (AvgIpc) is 2.15. The van der Waals surface area contributed by atoms with Crippen LogP contribution in [0.15, 0.2) is 6.20 Å². The number of hydrogen-bond acceptors (Lipinski definition) is 4. The summed E-state index contributed by atoms with van der Waals surface area (Å²) in [6.07, 6.45) is -2.19. The van der Waals surface area contributed by atoms with E-state index in [1.165, 1.54) is 0 Å². The molecule has 0 aliphatic rings. The number of hydrogen-bond donors (Lipinski definition) is 1. The van der Waals surface area contributed by atoms with Crippen molar-refractivity contribution in [2.24, 2.45) is 0 Å². The Balaban J connectivity index is 3.42. The van der Waals surface area contributed by atoms with Crippen LogP contribution < -0.4 is 0 Å². The second kappa shape index (κ2) is 4.45. The van der Waals surface area contributed by atoms with Crippen LogP contribution in [-0.4, -0.2) is 15.0 Å². The first kappa shape index (κ1) is 11.7. The van der Waals surface area contributed by atoms with Gasteiger partial charge in [0.15, 0.2) is 0 Å². The number of aliphatic hydroxyl groups is 1. The Bertz CT molecular complexity index is 400. The van der Waals surface area contributed by atoms with E-state index in [1.54, 1.807) is 0 Å². The van der Waals surface area contributed by atoms with Gasteiger partial charge in [-0.15, -0.1) is 0 Å². The zero-order valence-electron chi connectivity index (χ0n) is 7.15. The zero-order valence-corrected chi connectivity index (χ0v) is 7.91. The number of rotatable bonds is 3. The van der Waals surface area contributed by atoms with E-state index in [-0.39, 0.29) is 5.56 Å². The van der Waals surface area contributed by atoms with Crippen LogP contribution in [0.3, 0.4) is 0 Å². The van der Waals surface area contributed by atoms with Crippen LogP contribution in [0.2, 0.25) is 5.02 Å². The van der Waals surface area contributed by atoms with Gasteiger partial charge in [0.2, 0.25) is 0 Å². The number of halogens is 3. The molecule has 0 radical (unpaired) electrons.